The minimum atomic E-state index is 0.207. The molecule has 1 amide bonds. The Morgan fingerprint density at radius 1 is 1.28 bits per heavy atom. The van der Waals surface area contributed by atoms with Crippen molar-refractivity contribution in [2.45, 2.75) is 45.1 Å². The molecular weight excluding hydrogens is 316 g/mol. The average molecular weight is 348 g/mol. The van der Waals surface area contributed by atoms with Gasteiger partial charge in [-0.1, -0.05) is 0 Å². The first-order valence-electron chi connectivity index (χ1n) is 9.65. The topological polar surface area (TPSA) is 50.6 Å². The predicted octanol–water partition coefficient (Wildman–Crippen LogP) is 1.97. The number of likely N-dealkylation sites (tertiary alicyclic amines) is 2. The molecule has 0 saturated carbocycles. The normalized spacial score (nSPS) is 23.1. The van der Waals surface area contributed by atoms with Crippen molar-refractivity contribution in [3.8, 4) is 0 Å². The van der Waals surface area contributed by atoms with E-state index in [9.17, 15) is 4.79 Å². The summed E-state index contributed by atoms with van der Waals surface area (Å²) < 4.78 is 7.54. The smallest absolute Gasteiger partial charge is 0.219 e. The summed E-state index contributed by atoms with van der Waals surface area (Å²) in [5.74, 6) is 2.55. The fourth-order valence-corrected chi connectivity index (χ4v) is 4.25. The van der Waals surface area contributed by atoms with Gasteiger partial charge in [-0.2, -0.15) is 0 Å². The highest BCUT2D eigenvalue weighted by molar-refractivity contribution is 5.73. The number of carbonyl (C=O) groups excluding carboxylic acids is 1. The van der Waals surface area contributed by atoms with Crippen LogP contribution < -0.4 is 0 Å². The third kappa shape index (κ3) is 4.82. The Morgan fingerprint density at radius 2 is 2.08 bits per heavy atom. The second-order valence-corrected chi connectivity index (χ2v) is 7.52. The Labute approximate surface area is 151 Å². The van der Waals surface area contributed by atoms with Gasteiger partial charge in [0.25, 0.3) is 0 Å². The molecule has 0 aromatic carbocycles. The van der Waals surface area contributed by atoms with Crippen LogP contribution in [-0.2, 0) is 16.1 Å². The van der Waals surface area contributed by atoms with Crippen LogP contribution in [0.2, 0.25) is 0 Å². The van der Waals surface area contributed by atoms with Crippen molar-refractivity contribution in [2.75, 3.05) is 46.4 Å². The minimum absolute atomic E-state index is 0.207. The number of hydrogen-bond acceptors (Lipinski definition) is 4. The summed E-state index contributed by atoms with van der Waals surface area (Å²) in [5.41, 5.74) is 0. The monoisotopic (exact) mass is 348 g/mol. The number of rotatable bonds is 6. The summed E-state index contributed by atoms with van der Waals surface area (Å²) in [6.45, 7) is 8.58. The first kappa shape index (κ1) is 18.4. The van der Waals surface area contributed by atoms with E-state index in [1.165, 1.54) is 25.1 Å². The van der Waals surface area contributed by atoms with E-state index in [0.717, 1.165) is 52.3 Å². The Morgan fingerprint density at radius 3 is 2.80 bits per heavy atom. The fraction of sp³-hybridized carbons (Fsp3) is 0.789. The lowest BCUT2D eigenvalue weighted by molar-refractivity contribution is -0.130. The van der Waals surface area contributed by atoms with Crippen molar-refractivity contribution < 1.29 is 9.53 Å². The molecule has 140 valence electrons. The van der Waals surface area contributed by atoms with E-state index in [2.05, 4.69) is 20.6 Å². The van der Waals surface area contributed by atoms with Gasteiger partial charge in [-0.15, -0.1) is 0 Å². The minimum Gasteiger partial charge on any atom is -0.383 e. The van der Waals surface area contributed by atoms with Gasteiger partial charge >= 0.3 is 0 Å². The number of piperidine rings is 2. The van der Waals surface area contributed by atoms with Crippen LogP contribution >= 0.6 is 0 Å². The lowest BCUT2D eigenvalue weighted by atomic mass is 9.94. The molecule has 1 unspecified atom stereocenters. The molecule has 2 aliphatic heterocycles. The van der Waals surface area contributed by atoms with E-state index in [0.29, 0.717) is 11.8 Å². The van der Waals surface area contributed by atoms with Crippen LogP contribution in [0.3, 0.4) is 0 Å². The Kier molecular flexibility index (Phi) is 6.48. The molecule has 1 aromatic heterocycles. The fourth-order valence-electron chi connectivity index (χ4n) is 4.25. The largest absolute Gasteiger partial charge is 0.383 e. The Hall–Kier alpha value is -1.40. The second-order valence-electron chi connectivity index (χ2n) is 7.52. The van der Waals surface area contributed by atoms with Gasteiger partial charge in [-0.05, 0) is 44.7 Å². The number of methoxy groups -OCH3 is 1. The lowest BCUT2D eigenvalue weighted by Gasteiger charge is -2.34. The van der Waals surface area contributed by atoms with Crippen LogP contribution in [-0.4, -0.2) is 71.7 Å². The van der Waals surface area contributed by atoms with Gasteiger partial charge < -0.3 is 19.1 Å². The highest BCUT2D eigenvalue weighted by Crippen LogP contribution is 2.28. The molecule has 6 heteroatoms. The predicted molar refractivity (Wildman–Crippen MR) is 97.5 cm³/mol. The number of amides is 1. The van der Waals surface area contributed by atoms with E-state index >= 15 is 0 Å². The van der Waals surface area contributed by atoms with E-state index in [1.807, 2.05) is 11.1 Å². The summed E-state index contributed by atoms with van der Waals surface area (Å²) in [5, 5.41) is 0. The summed E-state index contributed by atoms with van der Waals surface area (Å²) in [7, 11) is 1.77. The van der Waals surface area contributed by atoms with Gasteiger partial charge in [0.1, 0.15) is 5.82 Å². The van der Waals surface area contributed by atoms with E-state index in [-0.39, 0.29) is 5.91 Å². The molecule has 0 N–H and O–H groups in total. The van der Waals surface area contributed by atoms with Crippen LogP contribution in [0, 0.1) is 5.92 Å². The third-order valence-corrected chi connectivity index (χ3v) is 5.73. The molecule has 0 bridgehead atoms. The summed E-state index contributed by atoms with van der Waals surface area (Å²) in [6, 6.07) is 0. The van der Waals surface area contributed by atoms with Crippen LogP contribution in [0.25, 0.3) is 0 Å². The van der Waals surface area contributed by atoms with Crippen molar-refractivity contribution in [1.82, 2.24) is 19.4 Å². The molecule has 1 aromatic rings. The molecule has 0 radical (unpaired) electrons. The van der Waals surface area contributed by atoms with Gasteiger partial charge in [0, 0.05) is 58.5 Å². The molecule has 6 nitrogen and oxygen atoms in total. The number of aromatic nitrogens is 2. The number of nitrogens with zero attached hydrogens (tertiary/aromatic N) is 4. The van der Waals surface area contributed by atoms with Gasteiger partial charge in [-0.3, -0.25) is 4.79 Å². The maximum Gasteiger partial charge on any atom is 0.219 e. The molecule has 2 aliphatic rings. The molecule has 2 fully saturated rings. The SMILES string of the molecule is COCCN1CCC(c2nccn2CC2CCCN(C(C)=O)C2)CC1. The standard InChI is InChI=1S/C19H32N4O2/c1-16(24)22-8-3-4-17(14-22)15-23-11-7-20-19(23)18-5-9-21(10-6-18)12-13-25-2/h7,11,17-18H,3-6,8-10,12-15H2,1-2H3. The van der Waals surface area contributed by atoms with Crippen LogP contribution in [0.4, 0.5) is 0 Å². The maximum absolute atomic E-state index is 11.7. The zero-order chi connectivity index (χ0) is 17.6. The van der Waals surface area contributed by atoms with E-state index < -0.39 is 0 Å². The van der Waals surface area contributed by atoms with Gasteiger partial charge in [0.05, 0.1) is 6.61 Å². The molecule has 3 rings (SSSR count). The molecule has 0 spiro atoms. The molecule has 2 saturated heterocycles. The molecule has 3 heterocycles. The van der Waals surface area contributed by atoms with Gasteiger partial charge in [0.2, 0.25) is 5.91 Å². The van der Waals surface area contributed by atoms with Crippen molar-refractivity contribution >= 4 is 5.91 Å². The number of carbonyl (C=O) groups is 1. The van der Waals surface area contributed by atoms with Gasteiger partial charge in [0.15, 0.2) is 0 Å². The molecule has 1 atom stereocenters. The lowest BCUT2D eigenvalue weighted by Crippen LogP contribution is -2.40. The van der Waals surface area contributed by atoms with Crippen molar-refractivity contribution in [3.63, 3.8) is 0 Å². The maximum atomic E-state index is 11.7. The summed E-state index contributed by atoms with van der Waals surface area (Å²) in [4.78, 5) is 20.8. The molecular formula is C19H32N4O2. The quantitative estimate of drug-likeness (QED) is 0.789. The zero-order valence-electron chi connectivity index (χ0n) is 15.7. The first-order valence-corrected chi connectivity index (χ1v) is 9.65. The van der Waals surface area contributed by atoms with Crippen molar-refractivity contribution in [1.29, 1.82) is 0 Å². The van der Waals surface area contributed by atoms with Gasteiger partial charge in [-0.25, -0.2) is 4.98 Å². The Bertz CT molecular complexity index is 551. The average Bonchev–Trinajstić information content (AvgIpc) is 3.08. The highest BCUT2D eigenvalue weighted by atomic mass is 16.5. The summed E-state index contributed by atoms with van der Waals surface area (Å²) in [6.07, 6.45) is 8.73. The third-order valence-electron chi connectivity index (χ3n) is 5.73. The van der Waals surface area contributed by atoms with Crippen LogP contribution in [0.15, 0.2) is 12.4 Å². The highest BCUT2D eigenvalue weighted by Gasteiger charge is 2.26. The second kappa shape index (κ2) is 8.81. The Balaban J connectivity index is 1.55. The van der Waals surface area contributed by atoms with E-state index in [4.69, 9.17) is 4.74 Å². The zero-order valence-corrected chi connectivity index (χ0v) is 15.7. The number of imidazole rings is 1. The summed E-state index contributed by atoms with van der Waals surface area (Å²) >= 11 is 0. The van der Waals surface area contributed by atoms with Crippen LogP contribution in [0.5, 0.6) is 0 Å². The van der Waals surface area contributed by atoms with Crippen LogP contribution in [0.1, 0.15) is 44.3 Å². The molecule has 25 heavy (non-hydrogen) atoms. The first-order chi connectivity index (χ1) is 12.2. The van der Waals surface area contributed by atoms with E-state index in [1.54, 1.807) is 14.0 Å². The number of hydrogen-bond donors (Lipinski definition) is 0. The van der Waals surface area contributed by atoms with Crippen molar-refractivity contribution in [3.05, 3.63) is 18.2 Å². The molecule has 0 aliphatic carbocycles. The number of ether oxygens (including phenoxy) is 1. The van der Waals surface area contributed by atoms with Crippen molar-refractivity contribution in [2.24, 2.45) is 5.92 Å².